The smallest absolute Gasteiger partial charge is 0.331 e. The minimum Gasteiger partial charge on any atom is -0.478 e. The van der Waals surface area contributed by atoms with Crippen LogP contribution in [-0.2, 0) is 4.79 Å². The van der Waals surface area contributed by atoms with Gasteiger partial charge in [0.1, 0.15) is 5.82 Å². The first-order valence-corrected chi connectivity index (χ1v) is 5.07. The van der Waals surface area contributed by atoms with Gasteiger partial charge in [-0.2, -0.15) is 0 Å². The lowest BCUT2D eigenvalue weighted by atomic mass is 10.3. The average molecular weight is 227 g/mol. The molecule has 80 valence electrons. The standard InChI is InChI=1S/C10H10FNO2S/c1-6(10(13)14)5-15-9-3-7(11)2-8(12)4-9/h2-4H,1,5,12H2,(H,13,14). The Kier molecular flexibility index (Phi) is 3.74. The third-order valence-corrected chi connectivity index (χ3v) is 2.67. The predicted octanol–water partition coefficient (Wildman–Crippen LogP) is 2.14. The maximum absolute atomic E-state index is 12.9. The van der Waals surface area contributed by atoms with Crippen molar-refractivity contribution in [2.75, 3.05) is 11.5 Å². The number of carboxylic acid groups (broad SMARTS) is 1. The van der Waals surface area contributed by atoms with Gasteiger partial charge in [0, 0.05) is 21.9 Å². The number of anilines is 1. The Bertz CT molecular complexity index is 386. The number of halogens is 1. The molecule has 0 saturated heterocycles. The molecule has 0 saturated carbocycles. The number of hydrogen-bond acceptors (Lipinski definition) is 3. The molecule has 0 aliphatic carbocycles. The van der Waals surface area contributed by atoms with E-state index in [2.05, 4.69) is 6.58 Å². The molecule has 1 rings (SSSR count). The predicted molar refractivity (Wildman–Crippen MR) is 58.3 cm³/mol. The van der Waals surface area contributed by atoms with Crippen molar-refractivity contribution in [3.8, 4) is 0 Å². The molecule has 0 fully saturated rings. The zero-order chi connectivity index (χ0) is 11.4. The maximum atomic E-state index is 12.9. The van der Waals surface area contributed by atoms with Crippen LogP contribution >= 0.6 is 11.8 Å². The molecule has 1 aromatic carbocycles. The Morgan fingerprint density at radius 3 is 2.73 bits per heavy atom. The van der Waals surface area contributed by atoms with Crippen molar-refractivity contribution in [1.82, 2.24) is 0 Å². The second kappa shape index (κ2) is 4.84. The summed E-state index contributed by atoms with van der Waals surface area (Å²) in [6.45, 7) is 3.37. The Morgan fingerprint density at radius 2 is 2.20 bits per heavy atom. The molecule has 5 heteroatoms. The van der Waals surface area contributed by atoms with Crippen LogP contribution in [0.4, 0.5) is 10.1 Å². The van der Waals surface area contributed by atoms with Crippen LogP contribution in [0.1, 0.15) is 0 Å². The Hall–Kier alpha value is -1.49. The molecule has 0 atom stereocenters. The summed E-state index contributed by atoms with van der Waals surface area (Å²) in [7, 11) is 0. The first-order chi connectivity index (χ1) is 6.99. The Balaban J connectivity index is 2.65. The normalized spacial score (nSPS) is 9.93. The molecule has 0 amide bonds. The summed E-state index contributed by atoms with van der Waals surface area (Å²) in [5.41, 5.74) is 5.82. The number of rotatable bonds is 4. The van der Waals surface area contributed by atoms with Crippen molar-refractivity contribution in [2.45, 2.75) is 4.90 Å². The van der Waals surface area contributed by atoms with Gasteiger partial charge in [0.05, 0.1) is 0 Å². The van der Waals surface area contributed by atoms with E-state index in [1.165, 1.54) is 23.9 Å². The zero-order valence-electron chi connectivity index (χ0n) is 7.87. The minimum absolute atomic E-state index is 0.0721. The van der Waals surface area contributed by atoms with Crippen molar-refractivity contribution >= 4 is 23.4 Å². The van der Waals surface area contributed by atoms with Crippen LogP contribution < -0.4 is 5.73 Å². The molecule has 0 spiro atoms. The average Bonchev–Trinajstić information content (AvgIpc) is 2.12. The zero-order valence-corrected chi connectivity index (χ0v) is 8.68. The first kappa shape index (κ1) is 11.6. The molecular formula is C10H10FNO2S. The third-order valence-electron chi connectivity index (χ3n) is 1.61. The molecule has 0 heterocycles. The van der Waals surface area contributed by atoms with Gasteiger partial charge in [0.25, 0.3) is 0 Å². The van der Waals surface area contributed by atoms with Crippen LogP contribution in [0.3, 0.4) is 0 Å². The number of benzene rings is 1. The molecule has 3 nitrogen and oxygen atoms in total. The highest BCUT2D eigenvalue weighted by molar-refractivity contribution is 7.99. The summed E-state index contributed by atoms with van der Waals surface area (Å²) in [5.74, 6) is -1.27. The largest absolute Gasteiger partial charge is 0.478 e. The third kappa shape index (κ3) is 3.63. The number of hydrogen-bond donors (Lipinski definition) is 2. The van der Waals surface area contributed by atoms with Crippen molar-refractivity contribution in [3.05, 3.63) is 36.2 Å². The SMILES string of the molecule is C=C(CSc1cc(N)cc(F)c1)C(=O)O. The molecule has 0 aliphatic rings. The topological polar surface area (TPSA) is 63.3 Å². The molecule has 0 radical (unpaired) electrons. The first-order valence-electron chi connectivity index (χ1n) is 4.09. The Labute approximate surface area is 90.8 Å². The molecular weight excluding hydrogens is 217 g/mol. The number of aliphatic carboxylic acids is 1. The van der Waals surface area contributed by atoms with Crippen LogP contribution in [0.15, 0.2) is 35.2 Å². The van der Waals surface area contributed by atoms with E-state index in [1.807, 2.05) is 0 Å². The highest BCUT2D eigenvalue weighted by atomic mass is 32.2. The lowest BCUT2D eigenvalue weighted by Crippen LogP contribution is -2.01. The van der Waals surface area contributed by atoms with E-state index in [9.17, 15) is 9.18 Å². The summed E-state index contributed by atoms with van der Waals surface area (Å²) >= 11 is 1.18. The van der Waals surface area contributed by atoms with Crippen LogP contribution in [0, 0.1) is 5.82 Å². The van der Waals surface area contributed by atoms with Gasteiger partial charge in [0.15, 0.2) is 0 Å². The molecule has 0 aliphatic heterocycles. The van der Waals surface area contributed by atoms with Crippen LogP contribution in [0.2, 0.25) is 0 Å². The highest BCUT2D eigenvalue weighted by Gasteiger charge is 2.05. The monoisotopic (exact) mass is 227 g/mol. The van der Waals surface area contributed by atoms with E-state index in [4.69, 9.17) is 10.8 Å². The van der Waals surface area contributed by atoms with Gasteiger partial charge in [-0.3, -0.25) is 0 Å². The quantitative estimate of drug-likeness (QED) is 0.470. The van der Waals surface area contributed by atoms with Crippen molar-refractivity contribution in [2.24, 2.45) is 0 Å². The van der Waals surface area contributed by atoms with Gasteiger partial charge in [-0.25, -0.2) is 9.18 Å². The van der Waals surface area contributed by atoms with Gasteiger partial charge in [-0.1, -0.05) is 6.58 Å². The molecule has 0 unspecified atom stereocenters. The van der Waals surface area contributed by atoms with Gasteiger partial charge in [0.2, 0.25) is 0 Å². The second-order valence-corrected chi connectivity index (χ2v) is 3.97. The summed E-state index contributed by atoms with van der Waals surface area (Å²) in [6, 6.07) is 4.09. The van der Waals surface area contributed by atoms with E-state index in [0.29, 0.717) is 10.6 Å². The molecule has 0 bridgehead atoms. The van der Waals surface area contributed by atoms with E-state index in [1.54, 1.807) is 6.07 Å². The van der Waals surface area contributed by atoms with Crippen LogP contribution in [0.5, 0.6) is 0 Å². The van der Waals surface area contributed by atoms with Gasteiger partial charge in [-0.05, 0) is 18.2 Å². The molecule has 3 N–H and O–H groups in total. The van der Waals surface area contributed by atoms with Crippen molar-refractivity contribution < 1.29 is 14.3 Å². The van der Waals surface area contributed by atoms with Gasteiger partial charge in [-0.15, -0.1) is 11.8 Å². The minimum atomic E-state index is -1.05. The van der Waals surface area contributed by atoms with Crippen molar-refractivity contribution in [1.29, 1.82) is 0 Å². The van der Waals surface area contributed by atoms with Crippen LogP contribution in [0.25, 0.3) is 0 Å². The fourth-order valence-electron chi connectivity index (χ4n) is 0.900. The maximum Gasteiger partial charge on any atom is 0.331 e. The van der Waals surface area contributed by atoms with Gasteiger partial charge >= 0.3 is 5.97 Å². The molecule has 1 aromatic rings. The van der Waals surface area contributed by atoms with Gasteiger partial charge < -0.3 is 10.8 Å². The van der Waals surface area contributed by atoms with E-state index < -0.39 is 11.8 Å². The van der Waals surface area contributed by atoms with E-state index in [0.717, 1.165) is 0 Å². The number of nitrogen functional groups attached to an aromatic ring is 1. The molecule has 0 aromatic heterocycles. The van der Waals surface area contributed by atoms with Crippen LogP contribution in [-0.4, -0.2) is 16.8 Å². The Morgan fingerprint density at radius 1 is 1.53 bits per heavy atom. The highest BCUT2D eigenvalue weighted by Crippen LogP contribution is 2.23. The fraction of sp³-hybridized carbons (Fsp3) is 0.100. The number of carbonyl (C=O) groups is 1. The van der Waals surface area contributed by atoms with Crippen molar-refractivity contribution in [3.63, 3.8) is 0 Å². The number of carboxylic acids is 1. The lowest BCUT2D eigenvalue weighted by molar-refractivity contribution is -0.132. The van der Waals surface area contributed by atoms with E-state index >= 15 is 0 Å². The number of thioether (sulfide) groups is 1. The summed E-state index contributed by atoms with van der Waals surface area (Å²) in [4.78, 5) is 11.0. The summed E-state index contributed by atoms with van der Waals surface area (Å²) in [6.07, 6.45) is 0. The second-order valence-electron chi connectivity index (χ2n) is 2.92. The fourth-order valence-corrected chi connectivity index (χ4v) is 1.78. The molecule has 15 heavy (non-hydrogen) atoms. The van der Waals surface area contributed by atoms with E-state index in [-0.39, 0.29) is 11.3 Å². The summed E-state index contributed by atoms with van der Waals surface area (Å²) in [5, 5.41) is 8.56. The summed E-state index contributed by atoms with van der Waals surface area (Å²) < 4.78 is 12.9. The number of nitrogens with two attached hydrogens (primary N) is 1. The lowest BCUT2D eigenvalue weighted by Gasteiger charge is -2.03.